The molecule has 1 aromatic heterocycles. The lowest BCUT2D eigenvalue weighted by Gasteiger charge is -2.36. The second-order valence-electron chi connectivity index (χ2n) is 5.56. The smallest absolute Gasteiger partial charge is 0.0991 e. The number of ether oxygens (including phenoxy) is 1. The molecule has 4 heteroatoms. The summed E-state index contributed by atoms with van der Waals surface area (Å²) in [6, 6.07) is 9.17. The molecule has 2 heterocycles. The van der Waals surface area contributed by atoms with Gasteiger partial charge in [-0.3, -0.25) is 4.90 Å². The van der Waals surface area contributed by atoms with Crippen LogP contribution in [0.4, 0.5) is 0 Å². The van der Waals surface area contributed by atoms with Gasteiger partial charge in [-0.1, -0.05) is 12.1 Å². The van der Waals surface area contributed by atoms with Crippen molar-refractivity contribution in [3.8, 4) is 5.69 Å². The molecule has 0 aliphatic carbocycles. The summed E-state index contributed by atoms with van der Waals surface area (Å²) in [7, 11) is 0. The maximum atomic E-state index is 5.67. The van der Waals surface area contributed by atoms with Gasteiger partial charge in [0, 0.05) is 37.2 Å². The van der Waals surface area contributed by atoms with Crippen LogP contribution in [0.25, 0.3) is 5.69 Å². The Balaban J connectivity index is 1.69. The van der Waals surface area contributed by atoms with Gasteiger partial charge in [-0.05, 0) is 31.5 Å². The molecule has 0 bridgehead atoms. The van der Waals surface area contributed by atoms with Crippen LogP contribution in [-0.4, -0.2) is 39.7 Å². The maximum Gasteiger partial charge on any atom is 0.0991 e. The predicted molar refractivity (Wildman–Crippen MR) is 78.9 cm³/mol. The summed E-state index contributed by atoms with van der Waals surface area (Å²) in [5.74, 6) is 0. The van der Waals surface area contributed by atoms with Crippen LogP contribution < -0.4 is 0 Å². The Kier molecular flexibility index (Phi) is 3.85. The van der Waals surface area contributed by atoms with Gasteiger partial charge in [0.1, 0.15) is 0 Å². The third-order valence-electron chi connectivity index (χ3n) is 3.86. The van der Waals surface area contributed by atoms with Gasteiger partial charge in [-0.25, -0.2) is 4.98 Å². The van der Waals surface area contributed by atoms with E-state index in [0.717, 1.165) is 25.4 Å². The maximum absolute atomic E-state index is 5.67. The molecule has 3 rings (SSSR count). The van der Waals surface area contributed by atoms with E-state index in [0.29, 0.717) is 12.1 Å². The first-order valence-corrected chi connectivity index (χ1v) is 7.15. The predicted octanol–water partition coefficient (Wildman–Crippen LogP) is 2.48. The van der Waals surface area contributed by atoms with E-state index in [1.54, 1.807) is 6.20 Å². The Labute approximate surface area is 120 Å². The fourth-order valence-electron chi connectivity index (χ4n) is 2.61. The molecule has 0 saturated carbocycles. The number of imidazole rings is 1. The third-order valence-corrected chi connectivity index (χ3v) is 3.86. The topological polar surface area (TPSA) is 30.3 Å². The molecule has 4 nitrogen and oxygen atoms in total. The first kappa shape index (κ1) is 13.3. The van der Waals surface area contributed by atoms with Crippen molar-refractivity contribution in [2.75, 3.05) is 13.2 Å². The molecule has 0 amide bonds. The molecule has 0 N–H and O–H groups in total. The molecule has 1 fully saturated rings. The van der Waals surface area contributed by atoms with Gasteiger partial charge in [0.2, 0.25) is 0 Å². The summed E-state index contributed by atoms with van der Waals surface area (Å²) in [5, 5.41) is 0. The zero-order chi connectivity index (χ0) is 13.9. The minimum absolute atomic E-state index is 0.330. The zero-order valence-corrected chi connectivity index (χ0v) is 12.1. The number of hydrogen-bond acceptors (Lipinski definition) is 3. The molecule has 1 aliphatic heterocycles. The quantitative estimate of drug-likeness (QED) is 0.859. The van der Waals surface area contributed by atoms with Crippen LogP contribution in [-0.2, 0) is 11.3 Å². The molecule has 2 aromatic rings. The first-order valence-electron chi connectivity index (χ1n) is 7.15. The molecule has 106 valence electrons. The lowest BCUT2D eigenvalue weighted by atomic mass is 10.1. The highest BCUT2D eigenvalue weighted by Gasteiger charge is 2.23. The van der Waals surface area contributed by atoms with E-state index in [9.17, 15) is 0 Å². The lowest BCUT2D eigenvalue weighted by Crippen LogP contribution is -2.46. The highest BCUT2D eigenvalue weighted by atomic mass is 16.5. The molecule has 20 heavy (non-hydrogen) atoms. The molecule has 1 aliphatic rings. The lowest BCUT2D eigenvalue weighted by molar-refractivity contribution is -0.0526. The summed E-state index contributed by atoms with van der Waals surface area (Å²) >= 11 is 0. The van der Waals surface area contributed by atoms with E-state index in [2.05, 4.69) is 48.0 Å². The van der Waals surface area contributed by atoms with Crippen molar-refractivity contribution < 1.29 is 4.74 Å². The molecule has 1 saturated heterocycles. The second-order valence-corrected chi connectivity index (χ2v) is 5.56. The van der Waals surface area contributed by atoms with E-state index < -0.39 is 0 Å². The molecule has 1 aromatic carbocycles. The standard InChI is InChI=1S/C16H21N3O/c1-13-11-20-14(2)9-19(13)10-15-3-5-16(6-4-15)18-8-7-17-12-18/h3-8,12-14H,9-11H2,1-2H3/t13-,14+/m1/s1. The highest BCUT2D eigenvalue weighted by Crippen LogP contribution is 2.16. The summed E-state index contributed by atoms with van der Waals surface area (Å²) in [6.07, 6.45) is 5.91. The fourth-order valence-corrected chi connectivity index (χ4v) is 2.61. The Morgan fingerprint density at radius 2 is 2.05 bits per heavy atom. The average Bonchev–Trinajstić information content (AvgIpc) is 2.98. The molecular formula is C16H21N3O. The summed E-state index contributed by atoms with van der Waals surface area (Å²) in [6.45, 7) is 7.19. The molecule has 0 radical (unpaired) electrons. The summed E-state index contributed by atoms with van der Waals surface area (Å²) in [5.41, 5.74) is 2.49. The normalized spacial score (nSPS) is 23.9. The van der Waals surface area contributed by atoms with Gasteiger partial charge in [0.15, 0.2) is 0 Å². The molecule has 2 atom stereocenters. The van der Waals surface area contributed by atoms with Crippen LogP contribution in [0.3, 0.4) is 0 Å². The third kappa shape index (κ3) is 2.92. The van der Waals surface area contributed by atoms with Crippen LogP contribution in [0.5, 0.6) is 0 Å². The number of nitrogens with zero attached hydrogens (tertiary/aromatic N) is 3. The van der Waals surface area contributed by atoms with E-state index in [1.807, 2.05) is 17.1 Å². The SMILES string of the molecule is C[C@@H]1CO[C@@H](C)CN1Cc1ccc(-n2ccnc2)cc1. The van der Waals surface area contributed by atoms with E-state index in [1.165, 1.54) is 5.56 Å². The van der Waals surface area contributed by atoms with Crippen LogP contribution in [0, 0.1) is 0 Å². The van der Waals surface area contributed by atoms with Crippen molar-refractivity contribution in [2.24, 2.45) is 0 Å². The van der Waals surface area contributed by atoms with Gasteiger partial charge in [0.25, 0.3) is 0 Å². The van der Waals surface area contributed by atoms with Crippen molar-refractivity contribution in [3.63, 3.8) is 0 Å². The Hall–Kier alpha value is -1.65. The van der Waals surface area contributed by atoms with Crippen molar-refractivity contribution in [1.82, 2.24) is 14.5 Å². The fraction of sp³-hybridized carbons (Fsp3) is 0.438. The van der Waals surface area contributed by atoms with Gasteiger partial charge in [-0.15, -0.1) is 0 Å². The van der Waals surface area contributed by atoms with Gasteiger partial charge in [-0.2, -0.15) is 0 Å². The van der Waals surface area contributed by atoms with Crippen LogP contribution in [0.2, 0.25) is 0 Å². The van der Waals surface area contributed by atoms with Crippen molar-refractivity contribution >= 4 is 0 Å². The summed E-state index contributed by atoms with van der Waals surface area (Å²) in [4.78, 5) is 6.56. The minimum Gasteiger partial charge on any atom is -0.376 e. The van der Waals surface area contributed by atoms with Crippen LogP contribution >= 0.6 is 0 Å². The Morgan fingerprint density at radius 1 is 1.25 bits per heavy atom. The molecular weight excluding hydrogens is 250 g/mol. The number of benzene rings is 1. The number of hydrogen-bond donors (Lipinski definition) is 0. The van der Waals surface area contributed by atoms with E-state index >= 15 is 0 Å². The number of rotatable bonds is 3. The van der Waals surface area contributed by atoms with Gasteiger partial charge < -0.3 is 9.30 Å². The van der Waals surface area contributed by atoms with Crippen LogP contribution in [0.15, 0.2) is 43.0 Å². The van der Waals surface area contributed by atoms with Gasteiger partial charge in [0.05, 0.1) is 19.0 Å². The first-order chi connectivity index (χ1) is 9.72. The number of morpholine rings is 1. The zero-order valence-electron chi connectivity index (χ0n) is 12.1. The molecule has 0 spiro atoms. The van der Waals surface area contributed by atoms with E-state index in [-0.39, 0.29) is 0 Å². The highest BCUT2D eigenvalue weighted by molar-refractivity contribution is 5.34. The second kappa shape index (κ2) is 5.77. The minimum atomic E-state index is 0.330. The largest absolute Gasteiger partial charge is 0.376 e. The molecule has 0 unspecified atom stereocenters. The van der Waals surface area contributed by atoms with Crippen molar-refractivity contribution in [3.05, 3.63) is 48.5 Å². The Morgan fingerprint density at radius 3 is 2.75 bits per heavy atom. The van der Waals surface area contributed by atoms with Crippen molar-refractivity contribution in [1.29, 1.82) is 0 Å². The summed E-state index contributed by atoms with van der Waals surface area (Å²) < 4.78 is 7.69. The number of aromatic nitrogens is 2. The van der Waals surface area contributed by atoms with E-state index in [4.69, 9.17) is 4.74 Å². The Bertz CT molecular complexity index is 535. The monoisotopic (exact) mass is 271 g/mol. The van der Waals surface area contributed by atoms with Crippen LogP contribution in [0.1, 0.15) is 19.4 Å². The average molecular weight is 271 g/mol. The van der Waals surface area contributed by atoms with Crippen molar-refractivity contribution in [2.45, 2.75) is 32.5 Å². The van der Waals surface area contributed by atoms with Gasteiger partial charge >= 0.3 is 0 Å².